The van der Waals surface area contributed by atoms with E-state index in [4.69, 9.17) is 4.74 Å². The summed E-state index contributed by atoms with van der Waals surface area (Å²) in [6.45, 7) is 1.29. The summed E-state index contributed by atoms with van der Waals surface area (Å²) in [5.74, 6) is -2.57. The molecule has 3 aliphatic heterocycles. The van der Waals surface area contributed by atoms with Crippen LogP contribution in [0.3, 0.4) is 0 Å². The average molecular weight is 808 g/mol. The van der Waals surface area contributed by atoms with Crippen LogP contribution < -0.4 is 24.4 Å². The van der Waals surface area contributed by atoms with Gasteiger partial charge in [-0.3, -0.25) is 29.2 Å². The van der Waals surface area contributed by atoms with E-state index in [1.54, 1.807) is 12.1 Å². The molecule has 0 radical (unpaired) electrons. The van der Waals surface area contributed by atoms with E-state index >= 15 is 4.39 Å². The number of anilines is 2. The van der Waals surface area contributed by atoms with Gasteiger partial charge in [-0.2, -0.15) is 13.5 Å². The third-order valence-electron chi connectivity index (χ3n) is 12.1. The van der Waals surface area contributed by atoms with Crippen molar-refractivity contribution in [1.82, 2.24) is 24.7 Å². The first-order valence-corrected chi connectivity index (χ1v) is 21.0. The molecule has 9 rings (SSSR count). The number of amides is 4. The highest BCUT2D eigenvalue weighted by Gasteiger charge is 2.40. The highest BCUT2D eigenvalue weighted by atomic mass is 32.2. The summed E-state index contributed by atoms with van der Waals surface area (Å²) in [5, 5.41) is 11.6. The molecule has 4 fully saturated rings. The highest BCUT2D eigenvalue weighted by Crippen LogP contribution is 2.42. The molecule has 0 spiro atoms. The lowest BCUT2D eigenvalue weighted by Crippen LogP contribution is -2.50. The van der Waals surface area contributed by atoms with Crippen LogP contribution in [-0.2, 0) is 43.0 Å². The van der Waals surface area contributed by atoms with Crippen LogP contribution in [0.5, 0.6) is 5.75 Å². The van der Waals surface area contributed by atoms with Crippen molar-refractivity contribution in [3.05, 3.63) is 95.4 Å². The minimum Gasteiger partial charge on any atom is -0.487 e. The van der Waals surface area contributed by atoms with E-state index in [9.17, 15) is 27.6 Å². The number of hydrogen-bond acceptors (Lipinski definition) is 9. The van der Waals surface area contributed by atoms with Gasteiger partial charge in [-0.1, -0.05) is 42.5 Å². The van der Waals surface area contributed by atoms with Crippen molar-refractivity contribution in [3.63, 3.8) is 0 Å². The molecule has 1 aliphatic carbocycles. The topological polar surface area (TPSA) is 172 Å². The van der Waals surface area contributed by atoms with Crippen molar-refractivity contribution >= 4 is 66.9 Å². The number of aromatic nitrogens is 2. The van der Waals surface area contributed by atoms with Crippen LogP contribution in [-0.4, -0.2) is 72.4 Å². The van der Waals surface area contributed by atoms with Gasteiger partial charge in [0, 0.05) is 41.9 Å². The van der Waals surface area contributed by atoms with Crippen molar-refractivity contribution < 1.29 is 36.7 Å². The quantitative estimate of drug-likeness (QED) is 0.178. The fourth-order valence-electron chi connectivity index (χ4n) is 8.84. The number of halogens is 1. The van der Waals surface area contributed by atoms with Gasteiger partial charge in [-0.25, -0.2) is 13.4 Å². The first kappa shape index (κ1) is 37.7. The maximum absolute atomic E-state index is 16.2. The Labute approximate surface area is 333 Å². The molecular weight excluding hydrogens is 766 g/mol. The third-order valence-corrected chi connectivity index (χ3v) is 13.4. The minimum atomic E-state index is -4.33. The molecule has 300 valence electrons. The van der Waals surface area contributed by atoms with Crippen LogP contribution in [0.4, 0.5) is 15.8 Å². The largest absolute Gasteiger partial charge is 0.487 e. The molecule has 4 amide bonds. The number of fused-ring (bicyclic) bond motifs is 2. The monoisotopic (exact) mass is 807 g/mol. The van der Waals surface area contributed by atoms with Crippen molar-refractivity contribution in [1.29, 1.82) is 0 Å². The molecule has 58 heavy (non-hydrogen) atoms. The predicted octanol–water partition coefficient (Wildman–Crippen LogP) is 4.74. The summed E-state index contributed by atoms with van der Waals surface area (Å²) in [6.07, 6.45) is 4.21. The Morgan fingerprint density at radius 2 is 1.71 bits per heavy atom. The maximum atomic E-state index is 16.2. The summed E-state index contributed by atoms with van der Waals surface area (Å²) in [5.41, 5.74) is 3.82. The molecule has 1 unspecified atom stereocenters. The summed E-state index contributed by atoms with van der Waals surface area (Å²) < 4.78 is 52.1. The van der Waals surface area contributed by atoms with Crippen LogP contribution in [0.15, 0.2) is 72.8 Å². The molecule has 1 atom stereocenters. The number of nitrogens with one attached hydrogen (secondary N) is 3. The van der Waals surface area contributed by atoms with Gasteiger partial charge in [0.05, 0.1) is 17.1 Å². The van der Waals surface area contributed by atoms with Gasteiger partial charge in [-0.15, -0.1) is 0 Å². The standard InChI is InChI=1S/C42H42FN7O7S/c1-48-34-20-26(7-9-32(34)39(46-48)33-11-12-36(51)45-42(33)54)25-13-15-49(16-14-25)30-18-28(19-30)41(53)44-29-8-10-31-27(17-29)21-35(57-23-24-5-3-2-4-6-24)40(38(31)43)50-22-37(52)47-58(50,55)56/h2-10,17,20-21,25,28,30,33H,11-16,18-19,22-23H2,1H3,(H,44,53)(H,47,52)(H,45,51,54). The van der Waals surface area contributed by atoms with E-state index in [0.29, 0.717) is 45.9 Å². The van der Waals surface area contributed by atoms with Gasteiger partial charge in [0.15, 0.2) is 5.82 Å². The van der Waals surface area contributed by atoms with E-state index in [1.807, 2.05) is 46.8 Å². The molecule has 1 saturated carbocycles. The molecule has 16 heteroatoms. The number of likely N-dealkylation sites (tertiary alicyclic amines) is 1. The van der Waals surface area contributed by atoms with Crippen LogP contribution in [0.1, 0.15) is 67.2 Å². The third kappa shape index (κ3) is 7.04. The number of ether oxygens (including phenoxy) is 1. The van der Waals surface area contributed by atoms with Gasteiger partial charge >= 0.3 is 10.2 Å². The molecule has 4 aliphatic rings. The zero-order valence-corrected chi connectivity index (χ0v) is 32.6. The van der Waals surface area contributed by atoms with E-state index in [0.717, 1.165) is 55.2 Å². The van der Waals surface area contributed by atoms with Crippen LogP contribution >= 0.6 is 0 Å². The SMILES string of the molecule is Cn1nc(C2CCC(=O)NC2=O)c2ccc(C3CCN(C4CC(C(=O)Nc5ccc6c(F)c(N7CC(=O)NS7(=O)=O)c(OCc7ccccc7)cc6c5)C4)CC3)cc21. The number of aryl methyl sites for hydroxylation is 1. The van der Waals surface area contributed by atoms with Gasteiger partial charge < -0.3 is 15.0 Å². The lowest BCUT2D eigenvalue weighted by molar-refractivity contribution is -0.134. The molecule has 14 nitrogen and oxygen atoms in total. The van der Waals surface area contributed by atoms with Crippen molar-refractivity contribution in [2.75, 3.05) is 29.3 Å². The number of benzene rings is 4. The molecular formula is C42H42FN7O7S. The van der Waals surface area contributed by atoms with Crippen molar-refractivity contribution in [2.24, 2.45) is 13.0 Å². The van der Waals surface area contributed by atoms with Gasteiger partial charge in [0.25, 0.3) is 5.91 Å². The maximum Gasteiger partial charge on any atom is 0.326 e. The normalized spacial score (nSPS) is 22.5. The van der Waals surface area contributed by atoms with Gasteiger partial charge in [-0.05, 0) is 98.0 Å². The molecule has 4 heterocycles. The smallest absolute Gasteiger partial charge is 0.326 e. The van der Waals surface area contributed by atoms with Crippen LogP contribution in [0.25, 0.3) is 21.7 Å². The Balaban J connectivity index is 0.833. The Morgan fingerprint density at radius 3 is 2.43 bits per heavy atom. The lowest BCUT2D eigenvalue weighted by Gasteiger charge is -2.45. The van der Waals surface area contributed by atoms with Gasteiger partial charge in [0.2, 0.25) is 17.7 Å². The summed E-state index contributed by atoms with van der Waals surface area (Å²) >= 11 is 0. The zero-order valence-electron chi connectivity index (χ0n) is 31.7. The predicted molar refractivity (Wildman–Crippen MR) is 214 cm³/mol. The fraction of sp³-hybridized carbons (Fsp3) is 0.357. The number of imide groups is 1. The molecule has 4 aromatic carbocycles. The van der Waals surface area contributed by atoms with Crippen LogP contribution in [0, 0.1) is 11.7 Å². The minimum absolute atomic E-state index is 0.0288. The summed E-state index contributed by atoms with van der Waals surface area (Å²) in [6, 6.07) is 22.1. The molecule has 3 saturated heterocycles. The molecule has 5 aromatic rings. The average Bonchev–Trinajstić information content (AvgIpc) is 3.66. The second-order valence-electron chi connectivity index (χ2n) is 15.7. The number of carbonyl (C=O) groups excluding carboxylic acids is 4. The highest BCUT2D eigenvalue weighted by molar-refractivity contribution is 7.92. The number of nitrogens with zero attached hydrogens (tertiary/aromatic N) is 4. The Bertz CT molecular complexity index is 2600. The van der Waals surface area contributed by atoms with E-state index in [1.165, 1.54) is 17.7 Å². The second kappa shape index (κ2) is 14.8. The first-order valence-electron chi connectivity index (χ1n) is 19.5. The number of piperidine rings is 2. The fourth-order valence-corrected chi connectivity index (χ4v) is 10.00. The molecule has 3 N–H and O–H groups in total. The van der Waals surface area contributed by atoms with Crippen molar-refractivity contribution in [2.45, 2.75) is 63.0 Å². The van der Waals surface area contributed by atoms with Gasteiger partial charge in [0.1, 0.15) is 24.6 Å². The molecule has 1 aromatic heterocycles. The van der Waals surface area contributed by atoms with Crippen LogP contribution in [0.2, 0.25) is 0 Å². The number of rotatable bonds is 9. The zero-order chi connectivity index (χ0) is 40.3. The number of hydrogen-bond donors (Lipinski definition) is 3. The number of carbonyl (C=O) groups is 4. The van der Waals surface area contributed by atoms with E-state index < -0.39 is 34.4 Å². The Hall–Kier alpha value is -5.87. The second-order valence-corrected chi connectivity index (χ2v) is 17.3. The lowest BCUT2D eigenvalue weighted by atomic mass is 9.77. The summed E-state index contributed by atoms with van der Waals surface area (Å²) in [7, 11) is -2.44. The summed E-state index contributed by atoms with van der Waals surface area (Å²) in [4.78, 5) is 52.2. The Kier molecular flexibility index (Phi) is 9.63. The van der Waals surface area contributed by atoms with E-state index in [2.05, 4.69) is 38.8 Å². The van der Waals surface area contributed by atoms with E-state index in [-0.39, 0.29) is 47.1 Å². The Morgan fingerprint density at radius 1 is 0.948 bits per heavy atom. The van der Waals surface area contributed by atoms with Crippen molar-refractivity contribution in [3.8, 4) is 5.75 Å². The molecule has 0 bridgehead atoms. The first-order chi connectivity index (χ1) is 27.9.